The fourth-order valence-corrected chi connectivity index (χ4v) is 2.99. The van der Waals surface area contributed by atoms with Gasteiger partial charge in [-0.25, -0.2) is 0 Å². The largest absolute Gasteiger partial charge is 0.366 e. The molecule has 3 heteroatoms. The van der Waals surface area contributed by atoms with Crippen LogP contribution in [0.1, 0.15) is 29.4 Å². The number of fused-ring (bicyclic) bond motifs is 1. The third-order valence-corrected chi connectivity index (χ3v) is 4.12. The molecule has 1 amide bonds. The lowest BCUT2D eigenvalue weighted by atomic mass is 10.0. The second-order valence-corrected chi connectivity index (χ2v) is 5.61. The Morgan fingerprint density at radius 3 is 2.50 bits per heavy atom. The van der Waals surface area contributed by atoms with Crippen LogP contribution in [0, 0.1) is 6.92 Å². The predicted molar refractivity (Wildman–Crippen MR) is 90.9 cm³/mol. The van der Waals surface area contributed by atoms with Crippen molar-refractivity contribution in [2.45, 2.75) is 26.8 Å². The van der Waals surface area contributed by atoms with Crippen LogP contribution in [0.2, 0.25) is 0 Å². The number of nitrogens with two attached hydrogens (primary N) is 1. The maximum absolute atomic E-state index is 11.6. The van der Waals surface area contributed by atoms with Crippen LogP contribution in [-0.4, -0.2) is 10.5 Å². The van der Waals surface area contributed by atoms with Crippen molar-refractivity contribution in [3.63, 3.8) is 0 Å². The summed E-state index contributed by atoms with van der Waals surface area (Å²) in [7, 11) is 0. The summed E-state index contributed by atoms with van der Waals surface area (Å²) in [6.45, 7) is 4.97. The molecule has 3 nitrogen and oxygen atoms in total. The quantitative estimate of drug-likeness (QED) is 0.772. The van der Waals surface area contributed by atoms with Crippen molar-refractivity contribution >= 4 is 16.7 Å². The number of rotatable bonds is 4. The van der Waals surface area contributed by atoms with Crippen LogP contribution in [0.4, 0.5) is 0 Å². The lowest BCUT2D eigenvalue weighted by Crippen LogP contribution is -2.12. The Labute approximate surface area is 130 Å². The van der Waals surface area contributed by atoms with Gasteiger partial charge in [0.15, 0.2) is 0 Å². The minimum Gasteiger partial charge on any atom is -0.366 e. The van der Waals surface area contributed by atoms with Crippen LogP contribution in [0.25, 0.3) is 22.0 Å². The highest BCUT2D eigenvalue weighted by Crippen LogP contribution is 2.29. The smallest absolute Gasteiger partial charge is 0.250 e. The number of benzene rings is 2. The van der Waals surface area contributed by atoms with Crippen molar-refractivity contribution in [2.75, 3.05) is 0 Å². The Morgan fingerprint density at radius 2 is 1.82 bits per heavy atom. The van der Waals surface area contributed by atoms with Gasteiger partial charge in [0.1, 0.15) is 0 Å². The summed E-state index contributed by atoms with van der Waals surface area (Å²) in [4.78, 5) is 11.6. The van der Waals surface area contributed by atoms with Crippen molar-refractivity contribution in [3.8, 4) is 11.3 Å². The van der Waals surface area contributed by atoms with E-state index in [1.807, 2.05) is 25.1 Å². The van der Waals surface area contributed by atoms with E-state index in [2.05, 4.69) is 41.8 Å². The zero-order valence-electron chi connectivity index (χ0n) is 13.0. The molecule has 0 aliphatic rings. The van der Waals surface area contributed by atoms with Gasteiger partial charge in [0.2, 0.25) is 0 Å². The third kappa shape index (κ3) is 2.39. The van der Waals surface area contributed by atoms with Crippen LogP contribution >= 0.6 is 0 Å². The van der Waals surface area contributed by atoms with E-state index >= 15 is 0 Å². The van der Waals surface area contributed by atoms with E-state index in [9.17, 15) is 4.79 Å². The Morgan fingerprint density at radius 1 is 1.09 bits per heavy atom. The normalized spacial score (nSPS) is 11.0. The number of carbonyl (C=O) groups excluding carboxylic acids is 1. The molecule has 0 fully saturated rings. The first-order chi connectivity index (χ1) is 10.6. The molecule has 0 atom stereocenters. The molecule has 0 radical (unpaired) electrons. The molecular weight excluding hydrogens is 272 g/mol. The Kier molecular flexibility index (Phi) is 3.72. The van der Waals surface area contributed by atoms with E-state index in [0.717, 1.165) is 29.9 Å². The predicted octanol–water partition coefficient (Wildman–Crippen LogP) is 4.13. The average Bonchev–Trinajstić information content (AvgIpc) is 2.85. The lowest BCUT2D eigenvalue weighted by Gasteiger charge is -2.11. The van der Waals surface area contributed by atoms with E-state index in [0.29, 0.717) is 5.56 Å². The van der Waals surface area contributed by atoms with Crippen molar-refractivity contribution in [1.82, 2.24) is 4.57 Å². The van der Waals surface area contributed by atoms with Crippen molar-refractivity contribution in [2.24, 2.45) is 5.73 Å². The number of nitrogens with zero attached hydrogens (tertiary/aromatic N) is 1. The maximum Gasteiger partial charge on any atom is 0.250 e. The molecule has 0 aliphatic heterocycles. The molecular formula is C19H20N2O. The number of hydrogen-bond acceptors (Lipinski definition) is 1. The van der Waals surface area contributed by atoms with Gasteiger partial charge in [0, 0.05) is 17.9 Å². The monoisotopic (exact) mass is 292 g/mol. The van der Waals surface area contributed by atoms with Crippen molar-refractivity contribution in [3.05, 3.63) is 59.8 Å². The molecule has 0 aliphatic carbocycles. The second-order valence-electron chi connectivity index (χ2n) is 5.61. The fourth-order valence-electron chi connectivity index (χ4n) is 2.99. The third-order valence-electron chi connectivity index (χ3n) is 4.12. The van der Waals surface area contributed by atoms with Gasteiger partial charge in [-0.15, -0.1) is 0 Å². The van der Waals surface area contributed by atoms with E-state index in [1.165, 1.54) is 10.8 Å². The standard InChI is InChI=1S/C19H20N2O/c1-3-10-21-13(2)17(19(20)22)12-18(21)16-9-8-14-6-4-5-7-15(14)11-16/h4-9,11-12H,3,10H2,1-2H3,(H2,20,22). The zero-order chi connectivity index (χ0) is 15.7. The highest BCUT2D eigenvalue weighted by atomic mass is 16.1. The van der Waals surface area contributed by atoms with Crippen molar-refractivity contribution < 1.29 is 4.79 Å². The van der Waals surface area contributed by atoms with Gasteiger partial charge in [-0.05, 0) is 41.8 Å². The van der Waals surface area contributed by atoms with Crippen LogP contribution in [0.5, 0.6) is 0 Å². The summed E-state index contributed by atoms with van der Waals surface area (Å²) in [5.41, 5.74) is 9.23. The fraction of sp³-hybridized carbons (Fsp3) is 0.211. The molecule has 3 rings (SSSR count). The first-order valence-electron chi connectivity index (χ1n) is 7.61. The number of amides is 1. The summed E-state index contributed by atoms with van der Waals surface area (Å²) >= 11 is 0. The minimum absolute atomic E-state index is 0.366. The highest BCUT2D eigenvalue weighted by molar-refractivity contribution is 5.96. The van der Waals surface area contributed by atoms with E-state index in [1.54, 1.807) is 0 Å². The molecule has 1 heterocycles. The Bertz CT molecular complexity index is 846. The highest BCUT2D eigenvalue weighted by Gasteiger charge is 2.16. The molecule has 2 aromatic carbocycles. The van der Waals surface area contributed by atoms with Gasteiger partial charge in [0.05, 0.1) is 5.56 Å². The first kappa shape index (κ1) is 14.4. The van der Waals surface area contributed by atoms with Crippen LogP contribution in [0.3, 0.4) is 0 Å². The van der Waals surface area contributed by atoms with E-state index in [4.69, 9.17) is 5.73 Å². The molecule has 0 saturated carbocycles. The van der Waals surface area contributed by atoms with Gasteiger partial charge < -0.3 is 10.3 Å². The van der Waals surface area contributed by atoms with Gasteiger partial charge in [0.25, 0.3) is 5.91 Å². The van der Waals surface area contributed by atoms with Crippen LogP contribution in [0.15, 0.2) is 48.5 Å². The maximum atomic E-state index is 11.6. The topological polar surface area (TPSA) is 48.0 Å². The zero-order valence-corrected chi connectivity index (χ0v) is 13.0. The molecule has 112 valence electrons. The SMILES string of the molecule is CCCn1c(-c2ccc3ccccc3c2)cc(C(N)=O)c1C. The second kappa shape index (κ2) is 5.68. The lowest BCUT2D eigenvalue weighted by molar-refractivity contribution is 0.0999. The minimum atomic E-state index is -0.366. The van der Waals surface area contributed by atoms with Crippen LogP contribution < -0.4 is 5.73 Å². The van der Waals surface area contributed by atoms with E-state index < -0.39 is 0 Å². The van der Waals surface area contributed by atoms with Gasteiger partial charge >= 0.3 is 0 Å². The first-order valence-corrected chi connectivity index (χ1v) is 7.61. The number of carbonyl (C=O) groups is 1. The molecule has 0 saturated heterocycles. The number of aromatic nitrogens is 1. The molecule has 22 heavy (non-hydrogen) atoms. The summed E-state index contributed by atoms with van der Waals surface area (Å²) in [6.07, 6.45) is 1.01. The molecule has 0 unspecified atom stereocenters. The van der Waals surface area contributed by atoms with Crippen LogP contribution in [-0.2, 0) is 6.54 Å². The average molecular weight is 292 g/mol. The summed E-state index contributed by atoms with van der Waals surface area (Å²) < 4.78 is 2.18. The molecule has 3 aromatic rings. The molecule has 0 bridgehead atoms. The molecule has 1 aromatic heterocycles. The molecule has 0 spiro atoms. The van der Waals surface area contributed by atoms with Gasteiger partial charge in [-0.2, -0.15) is 0 Å². The van der Waals surface area contributed by atoms with E-state index in [-0.39, 0.29) is 5.91 Å². The molecule has 2 N–H and O–H groups in total. The summed E-state index contributed by atoms with van der Waals surface area (Å²) in [6, 6.07) is 16.6. The van der Waals surface area contributed by atoms with Crippen molar-refractivity contribution in [1.29, 1.82) is 0 Å². The number of primary amides is 1. The summed E-state index contributed by atoms with van der Waals surface area (Å²) in [5, 5.41) is 2.41. The number of hydrogen-bond donors (Lipinski definition) is 1. The Balaban J connectivity index is 2.20. The van der Waals surface area contributed by atoms with Gasteiger partial charge in [-0.1, -0.05) is 43.3 Å². The summed E-state index contributed by atoms with van der Waals surface area (Å²) in [5.74, 6) is -0.366. The van der Waals surface area contributed by atoms with Gasteiger partial charge in [-0.3, -0.25) is 4.79 Å². The Hall–Kier alpha value is -2.55.